The molecule has 3 rings (SSSR count). The zero-order valence-corrected chi connectivity index (χ0v) is 23.9. The van der Waals surface area contributed by atoms with Crippen molar-refractivity contribution in [2.75, 3.05) is 0 Å². The molecule has 0 heterocycles. The van der Waals surface area contributed by atoms with Crippen molar-refractivity contribution in [3.05, 3.63) is 34.9 Å². The van der Waals surface area contributed by atoms with Gasteiger partial charge in [-0.25, -0.2) is 4.79 Å². The van der Waals surface area contributed by atoms with Gasteiger partial charge in [-0.05, 0) is 77.3 Å². The van der Waals surface area contributed by atoms with Gasteiger partial charge >= 0.3 is 6.09 Å². The maximum absolute atomic E-state index is 14.3. The molecule has 7 heteroatoms. The van der Waals surface area contributed by atoms with Crippen molar-refractivity contribution in [1.82, 2.24) is 15.5 Å². The Hall–Kier alpha value is -2.57. The number of aryl methyl sites for hydroxylation is 2. The molecule has 1 aromatic carbocycles. The highest BCUT2D eigenvalue weighted by Crippen LogP contribution is 2.37. The summed E-state index contributed by atoms with van der Waals surface area (Å²) in [5.74, 6) is -0.465. The number of ether oxygens (including phenoxy) is 1. The van der Waals surface area contributed by atoms with Crippen LogP contribution in [0.25, 0.3) is 0 Å². The average Bonchev–Trinajstić information content (AvgIpc) is 3.65. The second-order valence-corrected chi connectivity index (χ2v) is 12.1. The quantitative estimate of drug-likeness (QED) is 0.442. The molecule has 2 saturated carbocycles. The highest BCUT2D eigenvalue weighted by atomic mass is 16.6. The van der Waals surface area contributed by atoms with E-state index in [1.165, 1.54) is 6.42 Å². The number of carbonyl (C=O) groups is 3. The number of rotatable bonds is 9. The second kappa shape index (κ2) is 12.3. The van der Waals surface area contributed by atoms with Crippen LogP contribution in [-0.4, -0.2) is 46.5 Å². The normalized spacial score (nSPS) is 18.9. The largest absolute Gasteiger partial charge is 0.444 e. The lowest BCUT2D eigenvalue weighted by molar-refractivity contribution is -0.144. The molecule has 37 heavy (non-hydrogen) atoms. The van der Waals surface area contributed by atoms with Crippen LogP contribution in [-0.2, 0) is 14.3 Å². The number of alkyl carbamates (subject to hydrolysis) is 1. The van der Waals surface area contributed by atoms with Gasteiger partial charge in [-0.1, -0.05) is 63.3 Å². The molecule has 1 aromatic rings. The molecule has 0 radical (unpaired) electrons. The number of hydrogen-bond acceptors (Lipinski definition) is 4. The fourth-order valence-electron chi connectivity index (χ4n) is 5.23. The van der Waals surface area contributed by atoms with E-state index in [1.54, 1.807) is 25.7 Å². The summed E-state index contributed by atoms with van der Waals surface area (Å²) < 4.78 is 5.49. The molecule has 3 unspecified atom stereocenters. The smallest absolute Gasteiger partial charge is 0.408 e. The molecular weight excluding hydrogens is 466 g/mol. The molecule has 2 fully saturated rings. The van der Waals surface area contributed by atoms with E-state index in [0.29, 0.717) is 6.42 Å². The summed E-state index contributed by atoms with van der Waals surface area (Å²) >= 11 is 0. The van der Waals surface area contributed by atoms with E-state index >= 15 is 0 Å². The van der Waals surface area contributed by atoms with E-state index in [2.05, 4.69) is 16.7 Å². The van der Waals surface area contributed by atoms with E-state index in [1.807, 2.05) is 39.8 Å². The Balaban J connectivity index is 1.98. The third-order valence-electron chi connectivity index (χ3n) is 7.54. The molecule has 3 amide bonds. The number of nitrogens with zero attached hydrogens (tertiary/aromatic N) is 1. The van der Waals surface area contributed by atoms with E-state index in [0.717, 1.165) is 55.2 Å². The van der Waals surface area contributed by atoms with Gasteiger partial charge in [0.2, 0.25) is 11.8 Å². The maximum atomic E-state index is 14.3. The lowest BCUT2D eigenvalue weighted by Gasteiger charge is -2.37. The SMILES string of the molecule is CCC(C)C(NC(=O)OC(C)(C)C)C(=O)N(C1CC1)C(C(=O)NC1CCCCC1)c1ccc(C)cc1C. The average molecular weight is 514 g/mol. The van der Waals surface area contributed by atoms with Crippen LogP contribution < -0.4 is 10.6 Å². The van der Waals surface area contributed by atoms with Crippen molar-refractivity contribution in [2.45, 2.75) is 130 Å². The van der Waals surface area contributed by atoms with Crippen LogP contribution in [0.4, 0.5) is 4.79 Å². The summed E-state index contributed by atoms with van der Waals surface area (Å²) in [5.41, 5.74) is 2.27. The van der Waals surface area contributed by atoms with E-state index in [-0.39, 0.29) is 29.8 Å². The fourth-order valence-corrected chi connectivity index (χ4v) is 5.23. The van der Waals surface area contributed by atoms with Crippen LogP contribution in [0.5, 0.6) is 0 Å². The van der Waals surface area contributed by atoms with Crippen molar-refractivity contribution in [3.63, 3.8) is 0 Å². The molecule has 0 saturated heterocycles. The van der Waals surface area contributed by atoms with E-state index in [9.17, 15) is 14.4 Å². The predicted octanol–water partition coefficient (Wildman–Crippen LogP) is 5.72. The Morgan fingerprint density at radius 1 is 1.05 bits per heavy atom. The summed E-state index contributed by atoms with van der Waals surface area (Å²) in [6.07, 6.45) is 7.15. The highest BCUT2D eigenvalue weighted by Gasteiger charge is 2.45. The first-order chi connectivity index (χ1) is 17.4. The van der Waals surface area contributed by atoms with Crippen molar-refractivity contribution in [1.29, 1.82) is 0 Å². The minimum absolute atomic E-state index is 0.0256. The zero-order valence-electron chi connectivity index (χ0n) is 23.9. The van der Waals surface area contributed by atoms with Gasteiger partial charge in [0.25, 0.3) is 0 Å². The molecule has 2 aliphatic carbocycles. The summed E-state index contributed by atoms with van der Waals surface area (Å²) in [7, 11) is 0. The first-order valence-electron chi connectivity index (χ1n) is 14.1. The van der Waals surface area contributed by atoms with Gasteiger partial charge in [0, 0.05) is 12.1 Å². The molecule has 0 aliphatic heterocycles. The Morgan fingerprint density at radius 3 is 2.24 bits per heavy atom. The Labute approximate surface area is 223 Å². The standard InChI is InChI=1S/C30H47N3O4/c1-8-20(3)25(32-29(36)37-30(5,6)7)28(35)33(23-15-16-23)26(24-17-14-19(2)18-21(24)4)27(34)31-22-12-10-9-11-13-22/h14,17-18,20,22-23,25-26H,8-13,15-16H2,1-7H3,(H,31,34)(H,32,36). The van der Waals surface area contributed by atoms with Crippen LogP contribution in [0.3, 0.4) is 0 Å². The molecule has 0 bridgehead atoms. The van der Waals surface area contributed by atoms with Crippen molar-refractivity contribution >= 4 is 17.9 Å². The minimum Gasteiger partial charge on any atom is -0.444 e. The summed E-state index contributed by atoms with van der Waals surface area (Å²) in [4.78, 5) is 42.8. The van der Waals surface area contributed by atoms with E-state index < -0.39 is 23.8 Å². The van der Waals surface area contributed by atoms with E-state index in [4.69, 9.17) is 4.74 Å². The van der Waals surface area contributed by atoms with Crippen molar-refractivity contribution in [3.8, 4) is 0 Å². The van der Waals surface area contributed by atoms with Crippen LogP contribution >= 0.6 is 0 Å². The van der Waals surface area contributed by atoms with Crippen molar-refractivity contribution < 1.29 is 19.1 Å². The van der Waals surface area contributed by atoms with Gasteiger partial charge in [-0.3, -0.25) is 9.59 Å². The van der Waals surface area contributed by atoms with Gasteiger partial charge < -0.3 is 20.3 Å². The topological polar surface area (TPSA) is 87.7 Å². The summed E-state index contributed by atoms with van der Waals surface area (Å²) in [6, 6.07) is 4.64. The predicted molar refractivity (Wildman–Crippen MR) is 146 cm³/mol. The lowest BCUT2D eigenvalue weighted by Crippen LogP contribution is -2.56. The molecule has 3 atom stereocenters. The Bertz CT molecular complexity index is 960. The van der Waals surface area contributed by atoms with Gasteiger partial charge in [0.1, 0.15) is 17.7 Å². The van der Waals surface area contributed by atoms with Crippen molar-refractivity contribution in [2.24, 2.45) is 5.92 Å². The summed E-state index contributed by atoms with van der Waals surface area (Å²) in [6.45, 7) is 13.4. The van der Waals surface area contributed by atoms with Gasteiger partial charge in [-0.15, -0.1) is 0 Å². The van der Waals surface area contributed by atoms with Crippen LogP contribution in [0.15, 0.2) is 18.2 Å². The Kier molecular flexibility index (Phi) is 9.65. The molecule has 0 aromatic heterocycles. The molecule has 2 aliphatic rings. The molecule has 0 spiro atoms. The minimum atomic E-state index is -0.781. The second-order valence-electron chi connectivity index (χ2n) is 12.1. The third kappa shape index (κ3) is 7.96. The molecule has 206 valence electrons. The first-order valence-corrected chi connectivity index (χ1v) is 14.1. The Morgan fingerprint density at radius 2 is 1.70 bits per heavy atom. The number of amides is 3. The van der Waals surface area contributed by atoms with Crippen LogP contribution in [0.2, 0.25) is 0 Å². The molecular formula is C30H47N3O4. The lowest BCUT2D eigenvalue weighted by atomic mass is 9.92. The maximum Gasteiger partial charge on any atom is 0.408 e. The monoisotopic (exact) mass is 513 g/mol. The molecule has 7 nitrogen and oxygen atoms in total. The molecule has 2 N–H and O–H groups in total. The highest BCUT2D eigenvalue weighted by molar-refractivity contribution is 5.93. The number of carbonyl (C=O) groups excluding carboxylic acids is 3. The zero-order chi connectivity index (χ0) is 27.3. The van der Waals surface area contributed by atoms with Crippen LogP contribution in [0, 0.1) is 19.8 Å². The number of benzene rings is 1. The fraction of sp³-hybridized carbons (Fsp3) is 0.700. The summed E-state index contributed by atoms with van der Waals surface area (Å²) in [5, 5.41) is 6.14. The third-order valence-corrected chi connectivity index (χ3v) is 7.54. The number of nitrogens with one attached hydrogen (secondary N) is 2. The van der Waals surface area contributed by atoms with Crippen LogP contribution in [0.1, 0.15) is 109 Å². The first kappa shape index (κ1) is 29.0. The van der Waals surface area contributed by atoms with Gasteiger partial charge in [0.05, 0.1) is 0 Å². The van der Waals surface area contributed by atoms with Gasteiger partial charge in [-0.2, -0.15) is 0 Å². The van der Waals surface area contributed by atoms with Gasteiger partial charge in [0.15, 0.2) is 0 Å². The number of hydrogen-bond donors (Lipinski definition) is 2.